The van der Waals surface area contributed by atoms with E-state index in [4.69, 9.17) is 11.5 Å². The van der Waals surface area contributed by atoms with Crippen molar-refractivity contribution in [2.24, 2.45) is 11.7 Å². The van der Waals surface area contributed by atoms with Crippen LogP contribution < -0.4 is 11.5 Å². The van der Waals surface area contributed by atoms with Gasteiger partial charge in [0.25, 0.3) is 0 Å². The summed E-state index contributed by atoms with van der Waals surface area (Å²) in [7, 11) is 0. The Kier molecular flexibility index (Phi) is 5.50. The van der Waals surface area contributed by atoms with Crippen molar-refractivity contribution < 1.29 is 0 Å². The fourth-order valence-corrected chi connectivity index (χ4v) is 1.38. The quantitative estimate of drug-likeness (QED) is 0.812. The molecule has 80 valence electrons. The molecule has 0 saturated carbocycles. The first-order chi connectivity index (χ1) is 6.11. The van der Waals surface area contributed by atoms with Gasteiger partial charge in [-0.25, -0.2) is 4.98 Å². The zero-order chi connectivity index (χ0) is 9.84. The van der Waals surface area contributed by atoms with Gasteiger partial charge in [0.1, 0.15) is 5.82 Å². The van der Waals surface area contributed by atoms with Crippen LogP contribution in [0, 0.1) is 5.92 Å². The third-order valence-corrected chi connectivity index (χ3v) is 2.00. The van der Waals surface area contributed by atoms with Gasteiger partial charge in [-0.1, -0.05) is 19.9 Å². The Morgan fingerprint density at radius 3 is 2.57 bits per heavy atom. The van der Waals surface area contributed by atoms with Crippen molar-refractivity contribution in [2.45, 2.75) is 26.3 Å². The third kappa shape index (κ3) is 3.52. The highest BCUT2D eigenvalue weighted by atomic mass is 35.5. The number of nitrogen functional groups attached to an aromatic ring is 1. The lowest BCUT2D eigenvalue weighted by Crippen LogP contribution is -2.15. The van der Waals surface area contributed by atoms with Gasteiger partial charge in [0.15, 0.2) is 0 Å². The molecule has 1 heterocycles. The van der Waals surface area contributed by atoms with Crippen molar-refractivity contribution in [3.8, 4) is 0 Å². The molecule has 0 bridgehead atoms. The van der Waals surface area contributed by atoms with Gasteiger partial charge in [0, 0.05) is 17.8 Å². The Hall–Kier alpha value is -0.800. The molecule has 0 amide bonds. The molecule has 4 heteroatoms. The minimum Gasteiger partial charge on any atom is -0.383 e. The number of halogens is 1. The van der Waals surface area contributed by atoms with E-state index >= 15 is 0 Å². The molecule has 4 N–H and O–H groups in total. The second kappa shape index (κ2) is 5.83. The van der Waals surface area contributed by atoms with Crippen LogP contribution in [0.2, 0.25) is 0 Å². The predicted octanol–water partition coefficient (Wildman–Crippen LogP) is 2.13. The summed E-state index contributed by atoms with van der Waals surface area (Å²) in [4.78, 5) is 4.01. The fourth-order valence-electron chi connectivity index (χ4n) is 1.38. The van der Waals surface area contributed by atoms with E-state index in [9.17, 15) is 0 Å². The number of nitrogens with zero attached hydrogens (tertiary/aromatic N) is 1. The standard InChI is InChI=1S/C10H17N3.ClH/c1-7(2)6-9(11)8-4-3-5-13-10(8)12;/h3-5,7,9H,6,11H2,1-2H3,(H2,12,13);1H/t9-;/m1./s1. The first kappa shape index (κ1) is 13.2. The van der Waals surface area contributed by atoms with Gasteiger partial charge in [-0.3, -0.25) is 0 Å². The molecule has 3 nitrogen and oxygen atoms in total. The van der Waals surface area contributed by atoms with Crippen LogP contribution in [0.4, 0.5) is 5.82 Å². The molecule has 1 rings (SSSR count). The summed E-state index contributed by atoms with van der Waals surface area (Å²) in [6, 6.07) is 3.81. The second-order valence-corrected chi connectivity index (χ2v) is 3.71. The topological polar surface area (TPSA) is 64.9 Å². The molecule has 0 aliphatic carbocycles. The highest BCUT2D eigenvalue weighted by Crippen LogP contribution is 2.21. The van der Waals surface area contributed by atoms with Gasteiger partial charge in [-0.2, -0.15) is 0 Å². The van der Waals surface area contributed by atoms with Gasteiger partial charge >= 0.3 is 0 Å². The van der Waals surface area contributed by atoms with Crippen molar-refractivity contribution in [3.05, 3.63) is 23.9 Å². The molecule has 0 spiro atoms. The number of anilines is 1. The Bertz CT molecular complexity index is 276. The number of pyridine rings is 1. The van der Waals surface area contributed by atoms with Crippen LogP contribution in [-0.2, 0) is 0 Å². The molecule has 0 fully saturated rings. The zero-order valence-electron chi connectivity index (χ0n) is 8.60. The zero-order valence-corrected chi connectivity index (χ0v) is 9.42. The largest absolute Gasteiger partial charge is 0.383 e. The minimum atomic E-state index is 0. The maximum absolute atomic E-state index is 5.98. The van der Waals surface area contributed by atoms with Gasteiger partial charge in [-0.05, 0) is 18.4 Å². The van der Waals surface area contributed by atoms with Crippen LogP contribution >= 0.6 is 12.4 Å². The lowest BCUT2D eigenvalue weighted by atomic mass is 9.98. The molecule has 1 atom stereocenters. The van der Waals surface area contributed by atoms with E-state index in [1.807, 2.05) is 12.1 Å². The van der Waals surface area contributed by atoms with E-state index in [1.165, 1.54) is 0 Å². The molecule has 0 aromatic carbocycles. The van der Waals surface area contributed by atoms with E-state index in [0.717, 1.165) is 12.0 Å². The highest BCUT2D eigenvalue weighted by molar-refractivity contribution is 5.85. The summed E-state index contributed by atoms with van der Waals surface area (Å²) in [5.74, 6) is 1.13. The normalized spacial score (nSPS) is 12.3. The molecular weight excluding hydrogens is 198 g/mol. The highest BCUT2D eigenvalue weighted by Gasteiger charge is 2.10. The van der Waals surface area contributed by atoms with Crippen LogP contribution in [0.15, 0.2) is 18.3 Å². The lowest BCUT2D eigenvalue weighted by molar-refractivity contribution is 0.510. The maximum atomic E-state index is 5.98. The number of aromatic nitrogens is 1. The van der Waals surface area contributed by atoms with E-state index in [-0.39, 0.29) is 18.4 Å². The summed E-state index contributed by atoms with van der Waals surface area (Å²) in [6.45, 7) is 4.29. The summed E-state index contributed by atoms with van der Waals surface area (Å²) in [5.41, 5.74) is 12.6. The van der Waals surface area contributed by atoms with Gasteiger partial charge < -0.3 is 11.5 Å². The van der Waals surface area contributed by atoms with E-state index in [0.29, 0.717) is 11.7 Å². The van der Waals surface area contributed by atoms with Crippen LogP contribution in [0.5, 0.6) is 0 Å². The molecule has 0 saturated heterocycles. The summed E-state index contributed by atoms with van der Waals surface area (Å²) >= 11 is 0. The van der Waals surface area contributed by atoms with Crippen molar-refractivity contribution in [2.75, 3.05) is 5.73 Å². The lowest BCUT2D eigenvalue weighted by Gasteiger charge is -2.15. The van der Waals surface area contributed by atoms with Crippen molar-refractivity contribution in [1.82, 2.24) is 4.98 Å². The van der Waals surface area contributed by atoms with Crippen LogP contribution in [0.1, 0.15) is 31.9 Å². The molecule has 0 unspecified atom stereocenters. The second-order valence-electron chi connectivity index (χ2n) is 3.71. The molecule has 0 radical (unpaired) electrons. The summed E-state index contributed by atoms with van der Waals surface area (Å²) < 4.78 is 0. The summed E-state index contributed by atoms with van der Waals surface area (Å²) in [6.07, 6.45) is 2.62. The van der Waals surface area contributed by atoms with E-state index < -0.39 is 0 Å². The first-order valence-corrected chi connectivity index (χ1v) is 4.57. The molecule has 0 aliphatic rings. The first-order valence-electron chi connectivity index (χ1n) is 4.57. The smallest absolute Gasteiger partial charge is 0.128 e. The average molecular weight is 216 g/mol. The SMILES string of the molecule is CC(C)C[C@@H](N)c1cccnc1N.Cl. The number of hydrogen-bond acceptors (Lipinski definition) is 3. The monoisotopic (exact) mass is 215 g/mol. The molecule has 1 aromatic heterocycles. The van der Waals surface area contributed by atoms with Gasteiger partial charge in [0.2, 0.25) is 0 Å². The van der Waals surface area contributed by atoms with Gasteiger partial charge in [-0.15, -0.1) is 12.4 Å². The number of rotatable bonds is 3. The third-order valence-electron chi connectivity index (χ3n) is 2.00. The van der Waals surface area contributed by atoms with Crippen molar-refractivity contribution >= 4 is 18.2 Å². The number of nitrogens with two attached hydrogens (primary N) is 2. The Balaban J connectivity index is 0.00000169. The van der Waals surface area contributed by atoms with E-state index in [2.05, 4.69) is 18.8 Å². The van der Waals surface area contributed by atoms with Crippen molar-refractivity contribution in [1.29, 1.82) is 0 Å². The molecule has 14 heavy (non-hydrogen) atoms. The fraction of sp³-hybridized carbons (Fsp3) is 0.500. The van der Waals surface area contributed by atoms with E-state index in [1.54, 1.807) is 6.20 Å². The van der Waals surface area contributed by atoms with Crippen LogP contribution in [0.25, 0.3) is 0 Å². The van der Waals surface area contributed by atoms with Crippen LogP contribution in [-0.4, -0.2) is 4.98 Å². The Morgan fingerprint density at radius 1 is 1.43 bits per heavy atom. The summed E-state index contributed by atoms with van der Waals surface area (Å²) in [5, 5.41) is 0. The molecule has 0 aliphatic heterocycles. The molecular formula is C10H18ClN3. The Labute approximate surface area is 91.3 Å². The minimum absolute atomic E-state index is 0. The number of hydrogen-bond donors (Lipinski definition) is 2. The van der Waals surface area contributed by atoms with Crippen molar-refractivity contribution in [3.63, 3.8) is 0 Å². The Morgan fingerprint density at radius 2 is 2.07 bits per heavy atom. The van der Waals surface area contributed by atoms with Crippen LogP contribution in [0.3, 0.4) is 0 Å². The average Bonchev–Trinajstić information content (AvgIpc) is 2.03. The van der Waals surface area contributed by atoms with Gasteiger partial charge in [0.05, 0.1) is 0 Å². The molecule has 1 aromatic rings. The predicted molar refractivity (Wildman–Crippen MR) is 62.3 cm³/mol. The maximum Gasteiger partial charge on any atom is 0.128 e.